The molecule has 7 nitrogen and oxygen atoms in total. The van der Waals surface area contributed by atoms with Gasteiger partial charge in [0.2, 0.25) is 0 Å². The van der Waals surface area contributed by atoms with Crippen LogP contribution in [0, 0.1) is 5.82 Å². The predicted molar refractivity (Wildman–Crippen MR) is 126 cm³/mol. The molecule has 5 rings (SSSR count). The molecule has 1 amide bonds. The highest BCUT2D eigenvalue weighted by Gasteiger charge is 2.43. The second-order valence-corrected chi connectivity index (χ2v) is 8.84. The standard InChI is InChI=1S/C25H28FN5O2/c1-3-15-12-16-4-5-17(22(26)23(16)29-24(15)32)14-30-10-11-31(21-9-8-20(21)30)18-6-7-19(28-13-18)25(33)27-2/h4-7,12-13,20-21H,3,8-11,14H2,1-2H3,(H,27,33)(H,29,32). The van der Waals surface area contributed by atoms with Crippen LogP contribution in [0.2, 0.25) is 0 Å². The van der Waals surface area contributed by atoms with Crippen LogP contribution in [-0.2, 0) is 13.0 Å². The van der Waals surface area contributed by atoms with Gasteiger partial charge in [-0.2, -0.15) is 0 Å². The zero-order chi connectivity index (χ0) is 23.1. The summed E-state index contributed by atoms with van der Waals surface area (Å²) in [5.74, 6) is -0.530. The number of nitrogens with zero attached hydrogens (tertiary/aromatic N) is 3. The fraction of sp³-hybridized carbons (Fsp3) is 0.400. The molecule has 0 radical (unpaired) electrons. The van der Waals surface area contributed by atoms with Crippen molar-refractivity contribution in [2.75, 3.05) is 25.0 Å². The lowest BCUT2D eigenvalue weighted by atomic mass is 9.81. The maximum Gasteiger partial charge on any atom is 0.269 e. The number of carbonyl (C=O) groups excluding carboxylic acids is 1. The Balaban J connectivity index is 1.34. The van der Waals surface area contributed by atoms with E-state index in [1.807, 2.05) is 25.1 Å². The van der Waals surface area contributed by atoms with Crippen LogP contribution in [0.15, 0.2) is 41.3 Å². The first kappa shape index (κ1) is 21.6. The number of aryl methyl sites for hydroxylation is 1. The minimum Gasteiger partial charge on any atom is -0.364 e. The minimum absolute atomic E-state index is 0.197. The summed E-state index contributed by atoms with van der Waals surface area (Å²) in [6, 6.07) is 9.92. The molecule has 172 valence electrons. The van der Waals surface area contributed by atoms with Gasteiger partial charge in [0.25, 0.3) is 11.5 Å². The molecule has 2 aromatic heterocycles. The predicted octanol–water partition coefficient (Wildman–Crippen LogP) is 2.84. The normalized spacial score (nSPS) is 20.4. The van der Waals surface area contributed by atoms with Gasteiger partial charge in [0.15, 0.2) is 5.82 Å². The van der Waals surface area contributed by atoms with Crippen LogP contribution in [0.25, 0.3) is 10.9 Å². The Morgan fingerprint density at radius 3 is 2.67 bits per heavy atom. The number of pyridine rings is 2. The molecule has 8 heteroatoms. The van der Waals surface area contributed by atoms with Crippen molar-refractivity contribution in [2.24, 2.45) is 0 Å². The summed E-state index contributed by atoms with van der Waals surface area (Å²) in [6.45, 7) is 4.06. The van der Waals surface area contributed by atoms with Crippen molar-refractivity contribution in [3.05, 3.63) is 69.5 Å². The van der Waals surface area contributed by atoms with Gasteiger partial charge in [0.05, 0.1) is 17.4 Å². The number of halogens is 1. The molecule has 0 bridgehead atoms. The average molecular weight is 450 g/mol. The van der Waals surface area contributed by atoms with E-state index in [0.717, 1.165) is 37.0 Å². The number of amides is 1. The topological polar surface area (TPSA) is 81.3 Å². The summed E-state index contributed by atoms with van der Waals surface area (Å²) >= 11 is 0. The smallest absolute Gasteiger partial charge is 0.269 e. The van der Waals surface area contributed by atoms with E-state index < -0.39 is 0 Å². The minimum atomic E-state index is -0.334. The number of hydrogen-bond acceptors (Lipinski definition) is 5. The third-order valence-corrected chi connectivity index (χ3v) is 7.11. The summed E-state index contributed by atoms with van der Waals surface area (Å²) < 4.78 is 15.3. The molecule has 2 unspecified atom stereocenters. The molecule has 1 aliphatic carbocycles. The Morgan fingerprint density at radius 2 is 2.00 bits per heavy atom. The molecule has 1 aliphatic heterocycles. The maximum absolute atomic E-state index is 15.3. The van der Waals surface area contributed by atoms with Gasteiger partial charge < -0.3 is 15.2 Å². The molecule has 2 aliphatic rings. The average Bonchev–Trinajstić information content (AvgIpc) is 2.81. The Hall–Kier alpha value is -3.26. The Kier molecular flexibility index (Phi) is 5.62. The molecule has 1 aromatic carbocycles. The monoisotopic (exact) mass is 449 g/mol. The number of fused-ring (bicyclic) bond motifs is 2. The van der Waals surface area contributed by atoms with Crippen LogP contribution < -0.4 is 15.8 Å². The zero-order valence-corrected chi connectivity index (χ0v) is 18.9. The number of benzene rings is 1. The van der Waals surface area contributed by atoms with Gasteiger partial charge in [-0.1, -0.05) is 19.1 Å². The van der Waals surface area contributed by atoms with Crippen LogP contribution in [0.1, 0.15) is 41.4 Å². The van der Waals surface area contributed by atoms with Crippen LogP contribution in [0.3, 0.4) is 0 Å². The van der Waals surface area contributed by atoms with Crippen LogP contribution >= 0.6 is 0 Å². The quantitative estimate of drug-likeness (QED) is 0.626. The molecule has 33 heavy (non-hydrogen) atoms. The van der Waals surface area contributed by atoms with E-state index in [1.165, 1.54) is 0 Å². The largest absolute Gasteiger partial charge is 0.364 e. The Labute approximate surface area is 191 Å². The number of hydrogen-bond donors (Lipinski definition) is 2. The number of nitrogens with one attached hydrogen (secondary N) is 2. The van der Waals surface area contributed by atoms with Crippen LogP contribution in [0.5, 0.6) is 0 Å². The van der Waals surface area contributed by atoms with E-state index in [-0.39, 0.29) is 17.3 Å². The lowest BCUT2D eigenvalue weighted by Gasteiger charge is -2.54. The second-order valence-electron chi connectivity index (χ2n) is 8.84. The van der Waals surface area contributed by atoms with Gasteiger partial charge in [-0.3, -0.25) is 14.5 Å². The molecule has 2 fully saturated rings. The first-order valence-corrected chi connectivity index (χ1v) is 11.5. The first-order valence-electron chi connectivity index (χ1n) is 11.5. The summed E-state index contributed by atoms with van der Waals surface area (Å²) in [4.78, 5) is 35.7. The van der Waals surface area contributed by atoms with Crippen LogP contribution in [-0.4, -0.2) is 53.0 Å². The second kappa shape index (κ2) is 8.59. The highest BCUT2D eigenvalue weighted by molar-refractivity contribution is 5.92. The molecule has 3 aromatic rings. The third-order valence-electron chi connectivity index (χ3n) is 7.11. The molecule has 3 heterocycles. The highest BCUT2D eigenvalue weighted by Crippen LogP contribution is 2.37. The highest BCUT2D eigenvalue weighted by atomic mass is 19.1. The Bertz CT molecular complexity index is 1260. The van der Waals surface area contributed by atoms with Gasteiger partial charge >= 0.3 is 0 Å². The van der Waals surface area contributed by atoms with Crippen LogP contribution in [0.4, 0.5) is 10.1 Å². The number of aromatic amines is 1. The van der Waals surface area contributed by atoms with Crippen molar-refractivity contribution in [1.82, 2.24) is 20.2 Å². The molecule has 1 saturated heterocycles. The number of H-pyrrole nitrogens is 1. The summed E-state index contributed by atoms with van der Waals surface area (Å²) in [5.41, 5.74) is 2.77. The van der Waals surface area contributed by atoms with Crippen molar-refractivity contribution in [3.8, 4) is 0 Å². The zero-order valence-electron chi connectivity index (χ0n) is 18.9. The molecule has 2 atom stereocenters. The van der Waals surface area contributed by atoms with Gasteiger partial charge in [0.1, 0.15) is 5.69 Å². The first-order chi connectivity index (χ1) is 16.0. The Morgan fingerprint density at radius 1 is 1.18 bits per heavy atom. The van der Waals surface area contributed by atoms with E-state index in [2.05, 4.69) is 25.1 Å². The SMILES string of the molecule is CCc1cc2ccc(CN3CCN(c4ccc(C(=O)NC)nc4)C4CCC43)c(F)c2[nH]c1=O. The molecule has 0 spiro atoms. The fourth-order valence-corrected chi connectivity index (χ4v) is 5.09. The number of carbonyl (C=O) groups is 1. The van der Waals surface area contributed by atoms with Crippen molar-refractivity contribution in [2.45, 2.75) is 44.8 Å². The van der Waals surface area contributed by atoms with E-state index >= 15 is 4.39 Å². The lowest BCUT2D eigenvalue weighted by molar-refractivity contribution is 0.0650. The summed E-state index contributed by atoms with van der Waals surface area (Å²) in [6.07, 6.45) is 4.52. The van der Waals surface area contributed by atoms with E-state index in [9.17, 15) is 9.59 Å². The van der Waals surface area contributed by atoms with E-state index in [0.29, 0.717) is 47.4 Å². The van der Waals surface area contributed by atoms with Gasteiger partial charge in [-0.05, 0) is 37.5 Å². The molecule has 1 saturated carbocycles. The van der Waals surface area contributed by atoms with Gasteiger partial charge in [-0.15, -0.1) is 0 Å². The van der Waals surface area contributed by atoms with E-state index in [1.54, 1.807) is 25.4 Å². The number of anilines is 1. The van der Waals surface area contributed by atoms with Gasteiger partial charge in [0, 0.05) is 55.3 Å². The summed E-state index contributed by atoms with van der Waals surface area (Å²) in [7, 11) is 1.59. The van der Waals surface area contributed by atoms with Crippen molar-refractivity contribution in [1.29, 1.82) is 0 Å². The van der Waals surface area contributed by atoms with Crippen molar-refractivity contribution < 1.29 is 9.18 Å². The maximum atomic E-state index is 15.3. The number of rotatable bonds is 5. The number of piperazine rings is 1. The lowest BCUT2D eigenvalue weighted by Crippen LogP contribution is -2.64. The summed E-state index contributed by atoms with van der Waals surface area (Å²) in [5, 5.41) is 3.32. The van der Waals surface area contributed by atoms with Gasteiger partial charge in [-0.25, -0.2) is 9.37 Å². The number of aromatic nitrogens is 2. The van der Waals surface area contributed by atoms with Crippen molar-refractivity contribution in [3.63, 3.8) is 0 Å². The van der Waals surface area contributed by atoms with Crippen molar-refractivity contribution >= 4 is 22.5 Å². The molecular formula is C25H28FN5O2. The molecular weight excluding hydrogens is 421 g/mol. The third kappa shape index (κ3) is 3.78. The fourth-order valence-electron chi connectivity index (χ4n) is 5.09. The van der Waals surface area contributed by atoms with E-state index in [4.69, 9.17) is 0 Å². The molecule has 2 N–H and O–H groups in total.